The summed E-state index contributed by atoms with van der Waals surface area (Å²) in [4.78, 5) is 12.9. The van der Waals surface area contributed by atoms with Gasteiger partial charge >= 0.3 is 0 Å². The van der Waals surface area contributed by atoms with Gasteiger partial charge in [-0.25, -0.2) is 0 Å². The molecule has 1 aromatic rings. The Morgan fingerprint density at radius 2 is 2.35 bits per heavy atom. The molecule has 1 amide bonds. The monoisotopic (exact) mass is 318 g/mol. The van der Waals surface area contributed by atoms with Crippen molar-refractivity contribution in [3.05, 3.63) is 20.8 Å². The fourth-order valence-electron chi connectivity index (χ4n) is 1.33. The first-order chi connectivity index (χ1) is 8.13. The maximum absolute atomic E-state index is 11.7. The van der Waals surface area contributed by atoms with Crippen LogP contribution in [0.4, 0.5) is 0 Å². The first-order valence-electron chi connectivity index (χ1n) is 5.87. The van der Waals surface area contributed by atoms with E-state index in [1.165, 1.54) is 4.88 Å². The molecule has 1 atom stereocenters. The molecule has 0 aliphatic heterocycles. The predicted molar refractivity (Wildman–Crippen MR) is 76.2 cm³/mol. The highest BCUT2D eigenvalue weighted by Crippen LogP contribution is 2.19. The highest BCUT2D eigenvalue weighted by atomic mass is 79.9. The van der Waals surface area contributed by atoms with E-state index in [9.17, 15) is 4.79 Å². The first kappa shape index (κ1) is 14.7. The third kappa shape index (κ3) is 5.66. The van der Waals surface area contributed by atoms with Crippen LogP contribution in [-0.2, 0) is 11.3 Å². The molecule has 0 aromatic carbocycles. The molecular weight excluding hydrogens is 300 g/mol. The number of hydrogen-bond donors (Lipinski definition) is 2. The number of rotatable bonds is 7. The van der Waals surface area contributed by atoms with Gasteiger partial charge in [-0.1, -0.05) is 13.3 Å². The van der Waals surface area contributed by atoms with Gasteiger partial charge in [-0.05, 0) is 35.3 Å². The third-order valence-electron chi connectivity index (χ3n) is 2.43. The molecule has 3 nitrogen and oxygen atoms in total. The van der Waals surface area contributed by atoms with E-state index < -0.39 is 0 Å². The van der Waals surface area contributed by atoms with E-state index in [0.29, 0.717) is 0 Å². The maximum Gasteiger partial charge on any atom is 0.236 e. The van der Waals surface area contributed by atoms with E-state index in [0.717, 1.165) is 30.4 Å². The first-order valence-corrected chi connectivity index (χ1v) is 7.54. The second kappa shape index (κ2) is 7.84. The standard InChI is InChI=1S/C12H19BrN2OS/c1-3-4-5-14-12(16)9(2)15-7-11-6-10(13)8-17-11/h6,8-9,15H,3-5,7H2,1-2H3,(H,14,16). The van der Waals surface area contributed by atoms with Crippen LogP contribution in [0, 0.1) is 0 Å². The second-order valence-electron chi connectivity index (χ2n) is 3.98. The zero-order valence-corrected chi connectivity index (χ0v) is 12.7. The van der Waals surface area contributed by atoms with Crippen molar-refractivity contribution < 1.29 is 4.79 Å². The van der Waals surface area contributed by atoms with Gasteiger partial charge in [-0.2, -0.15) is 0 Å². The predicted octanol–water partition coefficient (Wildman–Crippen LogP) is 2.91. The molecule has 0 radical (unpaired) electrons. The van der Waals surface area contributed by atoms with Crippen LogP contribution in [0.25, 0.3) is 0 Å². The molecule has 5 heteroatoms. The summed E-state index contributed by atoms with van der Waals surface area (Å²) in [7, 11) is 0. The minimum absolute atomic E-state index is 0.0778. The molecule has 17 heavy (non-hydrogen) atoms. The Labute approximate surface area is 115 Å². The van der Waals surface area contributed by atoms with Gasteiger partial charge in [0.15, 0.2) is 0 Å². The van der Waals surface area contributed by atoms with Crippen LogP contribution in [0.5, 0.6) is 0 Å². The smallest absolute Gasteiger partial charge is 0.236 e. The molecule has 0 saturated heterocycles. The number of halogens is 1. The van der Waals surface area contributed by atoms with Crippen molar-refractivity contribution in [3.8, 4) is 0 Å². The van der Waals surface area contributed by atoms with Gasteiger partial charge in [0.05, 0.1) is 6.04 Å². The lowest BCUT2D eigenvalue weighted by atomic mass is 10.3. The van der Waals surface area contributed by atoms with Gasteiger partial charge in [-0.3, -0.25) is 4.79 Å². The third-order valence-corrected chi connectivity index (χ3v) is 4.12. The molecule has 0 aliphatic rings. The van der Waals surface area contributed by atoms with Crippen molar-refractivity contribution in [1.29, 1.82) is 0 Å². The summed E-state index contributed by atoms with van der Waals surface area (Å²) < 4.78 is 1.10. The Morgan fingerprint density at radius 1 is 1.59 bits per heavy atom. The van der Waals surface area contributed by atoms with Gasteiger partial charge < -0.3 is 10.6 Å². The summed E-state index contributed by atoms with van der Waals surface area (Å²) in [5.74, 6) is 0.0778. The molecule has 1 aromatic heterocycles. The van der Waals surface area contributed by atoms with Crippen LogP contribution in [0.2, 0.25) is 0 Å². The summed E-state index contributed by atoms with van der Waals surface area (Å²) in [5.41, 5.74) is 0. The van der Waals surface area contributed by atoms with Crippen LogP contribution >= 0.6 is 27.3 Å². The highest BCUT2D eigenvalue weighted by molar-refractivity contribution is 9.10. The van der Waals surface area contributed by atoms with Gasteiger partial charge in [0.1, 0.15) is 0 Å². The minimum atomic E-state index is -0.146. The summed E-state index contributed by atoms with van der Waals surface area (Å²) in [5, 5.41) is 8.18. The van der Waals surface area contributed by atoms with Crippen molar-refractivity contribution in [1.82, 2.24) is 10.6 Å². The Balaban J connectivity index is 2.24. The number of nitrogens with one attached hydrogen (secondary N) is 2. The quantitative estimate of drug-likeness (QED) is 0.759. The van der Waals surface area contributed by atoms with Crippen LogP contribution in [0.15, 0.2) is 15.9 Å². The Bertz CT molecular complexity index is 354. The zero-order valence-electron chi connectivity index (χ0n) is 10.3. The van der Waals surface area contributed by atoms with Crippen LogP contribution < -0.4 is 10.6 Å². The largest absolute Gasteiger partial charge is 0.355 e. The number of thiophene rings is 1. The van der Waals surface area contributed by atoms with Crippen molar-refractivity contribution in [2.45, 2.75) is 39.3 Å². The molecule has 0 spiro atoms. The molecule has 0 bridgehead atoms. The SMILES string of the molecule is CCCCNC(=O)C(C)NCc1cc(Br)cs1. The molecule has 96 valence electrons. The molecule has 0 fully saturated rings. The molecule has 0 aliphatic carbocycles. The minimum Gasteiger partial charge on any atom is -0.355 e. The van der Waals surface area contributed by atoms with Gasteiger partial charge in [0, 0.05) is 27.8 Å². The van der Waals surface area contributed by atoms with Gasteiger partial charge in [-0.15, -0.1) is 11.3 Å². The van der Waals surface area contributed by atoms with E-state index >= 15 is 0 Å². The van der Waals surface area contributed by atoms with E-state index in [1.54, 1.807) is 11.3 Å². The zero-order chi connectivity index (χ0) is 12.7. The van der Waals surface area contributed by atoms with Crippen LogP contribution in [-0.4, -0.2) is 18.5 Å². The van der Waals surface area contributed by atoms with E-state index in [1.807, 2.05) is 12.3 Å². The average molecular weight is 319 g/mol. The fourth-order valence-corrected chi connectivity index (χ4v) is 2.74. The van der Waals surface area contributed by atoms with E-state index in [-0.39, 0.29) is 11.9 Å². The normalized spacial score (nSPS) is 12.4. The number of hydrogen-bond acceptors (Lipinski definition) is 3. The topological polar surface area (TPSA) is 41.1 Å². The highest BCUT2D eigenvalue weighted by Gasteiger charge is 2.11. The van der Waals surface area contributed by atoms with Gasteiger partial charge in [0.25, 0.3) is 0 Å². The lowest BCUT2D eigenvalue weighted by Gasteiger charge is -2.13. The molecular formula is C12H19BrN2OS. The molecule has 0 saturated carbocycles. The van der Waals surface area contributed by atoms with Gasteiger partial charge in [0.2, 0.25) is 5.91 Å². The number of amides is 1. The summed E-state index contributed by atoms with van der Waals surface area (Å²) >= 11 is 5.10. The van der Waals surface area contributed by atoms with E-state index in [4.69, 9.17) is 0 Å². The van der Waals surface area contributed by atoms with Crippen LogP contribution in [0.1, 0.15) is 31.6 Å². The fraction of sp³-hybridized carbons (Fsp3) is 0.583. The Hall–Kier alpha value is -0.390. The lowest BCUT2D eigenvalue weighted by Crippen LogP contribution is -2.42. The molecule has 1 heterocycles. The number of unbranched alkanes of at least 4 members (excludes halogenated alkanes) is 1. The van der Waals surface area contributed by atoms with Crippen molar-refractivity contribution >= 4 is 33.2 Å². The maximum atomic E-state index is 11.7. The van der Waals surface area contributed by atoms with Crippen molar-refractivity contribution in [2.75, 3.05) is 6.54 Å². The van der Waals surface area contributed by atoms with Crippen LogP contribution in [0.3, 0.4) is 0 Å². The summed E-state index contributed by atoms with van der Waals surface area (Å²) in [6.45, 7) is 5.51. The summed E-state index contributed by atoms with van der Waals surface area (Å²) in [6.07, 6.45) is 2.14. The number of carbonyl (C=O) groups excluding carboxylic acids is 1. The van der Waals surface area contributed by atoms with E-state index in [2.05, 4.69) is 39.6 Å². The second-order valence-corrected chi connectivity index (χ2v) is 5.89. The van der Waals surface area contributed by atoms with Crippen molar-refractivity contribution in [2.24, 2.45) is 0 Å². The molecule has 1 rings (SSSR count). The molecule has 1 unspecified atom stereocenters. The number of carbonyl (C=O) groups is 1. The van der Waals surface area contributed by atoms with Crippen molar-refractivity contribution in [3.63, 3.8) is 0 Å². The average Bonchev–Trinajstić information content (AvgIpc) is 2.72. The Kier molecular flexibility index (Phi) is 6.77. The Morgan fingerprint density at radius 3 is 2.94 bits per heavy atom. The lowest BCUT2D eigenvalue weighted by molar-refractivity contribution is -0.122. The molecule has 2 N–H and O–H groups in total. The summed E-state index contributed by atoms with van der Waals surface area (Å²) in [6, 6.07) is 1.92.